The van der Waals surface area contributed by atoms with Crippen LogP contribution in [0.1, 0.15) is 19.4 Å². The van der Waals surface area contributed by atoms with Crippen molar-refractivity contribution in [3.63, 3.8) is 0 Å². The van der Waals surface area contributed by atoms with E-state index in [0.29, 0.717) is 5.92 Å². The molecule has 0 amide bonds. The van der Waals surface area contributed by atoms with Crippen LogP contribution in [-0.2, 0) is 7.05 Å². The van der Waals surface area contributed by atoms with Gasteiger partial charge in [0.25, 0.3) is 0 Å². The van der Waals surface area contributed by atoms with Crippen LogP contribution >= 0.6 is 0 Å². The largest absolute Gasteiger partial charge is 0.357 e. The second-order valence-electron chi connectivity index (χ2n) is 3.21. The van der Waals surface area contributed by atoms with Gasteiger partial charge in [-0.2, -0.15) is 0 Å². The zero-order valence-electron chi connectivity index (χ0n) is 7.41. The average Bonchev–Trinajstić information content (AvgIpc) is 2.31. The Balaban J connectivity index is 2.64. The smallest absolute Gasteiger partial charge is 0.0106 e. The zero-order valence-corrected chi connectivity index (χ0v) is 7.41. The Labute approximate surface area is 68.4 Å². The third-order valence-corrected chi connectivity index (χ3v) is 1.53. The normalized spacial score (nSPS) is 11.6. The SMILES string of the molecule is CC(C)/C=C/c1ccn(C)c1. The van der Waals surface area contributed by atoms with E-state index >= 15 is 0 Å². The second-order valence-corrected chi connectivity index (χ2v) is 3.21. The molecule has 0 aliphatic rings. The van der Waals surface area contributed by atoms with Crippen LogP contribution < -0.4 is 0 Å². The third kappa shape index (κ3) is 2.62. The zero-order chi connectivity index (χ0) is 8.27. The molecule has 0 N–H and O–H groups in total. The van der Waals surface area contributed by atoms with Crippen LogP contribution in [0.5, 0.6) is 0 Å². The molecule has 1 heterocycles. The van der Waals surface area contributed by atoms with Gasteiger partial charge in [-0.3, -0.25) is 0 Å². The number of allylic oxidation sites excluding steroid dienone is 1. The van der Waals surface area contributed by atoms with E-state index in [1.54, 1.807) is 0 Å². The lowest BCUT2D eigenvalue weighted by molar-refractivity contribution is 0.836. The summed E-state index contributed by atoms with van der Waals surface area (Å²) in [5, 5.41) is 0. The van der Waals surface area contributed by atoms with Gasteiger partial charge in [0.15, 0.2) is 0 Å². The molecule has 0 bridgehead atoms. The van der Waals surface area contributed by atoms with Crippen molar-refractivity contribution in [2.45, 2.75) is 13.8 Å². The van der Waals surface area contributed by atoms with Crippen LogP contribution in [0, 0.1) is 5.92 Å². The number of aryl methyl sites for hydroxylation is 1. The van der Waals surface area contributed by atoms with E-state index in [-0.39, 0.29) is 0 Å². The van der Waals surface area contributed by atoms with E-state index in [4.69, 9.17) is 0 Å². The Hall–Kier alpha value is -0.980. The van der Waals surface area contributed by atoms with Gasteiger partial charge in [-0.1, -0.05) is 26.0 Å². The molecular weight excluding hydrogens is 134 g/mol. The van der Waals surface area contributed by atoms with Crippen LogP contribution in [0.2, 0.25) is 0 Å². The fourth-order valence-corrected chi connectivity index (χ4v) is 0.927. The molecule has 1 nitrogen and oxygen atoms in total. The van der Waals surface area contributed by atoms with E-state index in [1.165, 1.54) is 5.56 Å². The highest BCUT2D eigenvalue weighted by Crippen LogP contribution is 2.04. The molecule has 0 aliphatic heterocycles. The van der Waals surface area contributed by atoms with Crippen molar-refractivity contribution in [1.82, 2.24) is 4.57 Å². The van der Waals surface area contributed by atoms with Crippen LogP contribution in [0.25, 0.3) is 6.08 Å². The fraction of sp³-hybridized carbons (Fsp3) is 0.400. The first-order valence-corrected chi connectivity index (χ1v) is 3.98. The van der Waals surface area contributed by atoms with Gasteiger partial charge in [-0.05, 0) is 17.5 Å². The first kappa shape index (κ1) is 8.12. The maximum atomic E-state index is 2.20. The van der Waals surface area contributed by atoms with E-state index < -0.39 is 0 Å². The molecule has 0 atom stereocenters. The molecule has 0 aliphatic carbocycles. The van der Waals surface area contributed by atoms with Crippen LogP contribution in [0.4, 0.5) is 0 Å². The van der Waals surface area contributed by atoms with Crippen molar-refractivity contribution in [1.29, 1.82) is 0 Å². The van der Waals surface area contributed by atoms with Crippen molar-refractivity contribution in [2.24, 2.45) is 13.0 Å². The molecular formula is C10H15N. The number of aromatic nitrogens is 1. The molecule has 1 heteroatoms. The molecule has 0 spiro atoms. The summed E-state index contributed by atoms with van der Waals surface area (Å²) in [6.07, 6.45) is 8.53. The molecule has 1 aromatic heterocycles. The van der Waals surface area contributed by atoms with Crippen molar-refractivity contribution in [2.75, 3.05) is 0 Å². The molecule has 1 aromatic rings. The molecule has 11 heavy (non-hydrogen) atoms. The summed E-state index contributed by atoms with van der Waals surface area (Å²) < 4.78 is 2.06. The molecule has 1 rings (SSSR count). The second kappa shape index (κ2) is 3.42. The minimum Gasteiger partial charge on any atom is -0.357 e. The molecule has 60 valence electrons. The Morgan fingerprint density at radius 3 is 2.64 bits per heavy atom. The summed E-state index contributed by atoms with van der Waals surface area (Å²) in [6, 6.07) is 2.11. The Kier molecular flexibility index (Phi) is 2.53. The molecule has 0 aromatic carbocycles. The Morgan fingerprint density at radius 2 is 2.18 bits per heavy atom. The number of hydrogen-bond acceptors (Lipinski definition) is 0. The molecule has 0 radical (unpaired) electrons. The number of hydrogen-bond donors (Lipinski definition) is 0. The van der Waals surface area contributed by atoms with Gasteiger partial charge < -0.3 is 4.57 Å². The predicted octanol–water partition coefficient (Wildman–Crippen LogP) is 2.69. The summed E-state index contributed by atoms with van der Waals surface area (Å²) in [6.45, 7) is 4.36. The quantitative estimate of drug-likeness (QED) is 0.609. The predicted molar refractivity (Wildman–Crippen MR) is 49.3 cm³/mol. The maximum absolute atomic E-state index is 2.20. The summed E-state index contributed by atoms with van der Waals surface area (Å²) >= 11 is 0. The lowest BCUT2D eigenvalue weighted by Gasteiger charge is -1.91. The van der Waals surface area contributed by atoms with Gasteiger partial charge in [0, 0.05) is 19.4 Å². The highest BCUT2D eigenvalue weighted by atomic mass is 14.9. The van der Waals surface area contributed by atoms with Crippen LogP contribution in [-0.4, -0.2) is 4.57 Å². The lowest BCUT2D eigenvalue weighted by atomic mass is 10.2. The molecule has 0 fully saturated rings. The minimum absolute atomic E-state index is 0.634. The Bertz CT molecular complexity index is 243. The van der Waals surface area contributed by atoms with Crippen LogP contribution in [0.15, 0.2) is 24.5 Å². The summed E-state index contributed by atoms with van der Waals surface area (Å²) in [5.41, 5.74) is 1.28. The molecule has 0 saturated heterocycles. The van der Waals surface area contributed by atoms with Gasteiger partial charge >= 0.3 is 0 Å². The van der Waals surface area contributed by atoms with Crippen LogP contribution in [0.3, 0.4) is 0 Å². The first-order chi connectivity index (χ1) is 5.18. The average molecular weight is 149 g/mol. The van der Waals surface area contributed by atoms with Gasteiger partial charge in [0.1, 0.15) is 0 Å². The standard InChI is InChI=1S/C10H15N/c1-9(2)4-5-10-6-7-11(3)8-10/h4-9H,1-3H3/b5-4+. The van der Waals surface area contributed by atoms with Gasteiger partial charge in [-0.25, -0.2) is 0 Å². The van der Waals surface area contributed by atoms with Crippen molar-refractivity contribution >= 4 is 6.08 Å². The first-order valence-electron chi connectivity index (χ1n) is 3.98. The van der Waals surface area contributed by atoms with E-state index in [0.717, 1.165) is 0 Å². The summed E-state index contributed by atoms with van der Waals surface area (Å²) in [7, 11) is 2.03. The molecule has 0 saturated carbocycles. The summed E-state index contributed by atoms with van der Waals surface area (Å²) in [5.74, 6) is 0.634. The monoisotopic (exact) mass is 149 g/mol. The van der Waals surface area contributed by atoms with Crippen molar-refractivity contribution in [3.8, 4) is 0 Å². The van der Waals surface area contributed by atoms with E-state index in [9.17, 15) is 0 Å². The van der Waals surface area contributed by atoms with Gasteiger partial charge in [0.2, 0.25) is 0 Å². The number of rotatable bonds is 2. The highest BCUT2D eigenvalue weighted by Gasteiger charge is 1.88. The van der Waals surface area contributed by atoms with Gasteiger partial charge in [0.05, 0.1) is 0 Å². The highest BCUT2D eigenvalue weighted by molar-refractivity contribution is 5.48. The minimum atomic E-state index is 0.634. The fourth-order valence-electron chi connectivity index (χ4n) is 0.927. The van der Waals surface area contributed by atoms with E-state index in [2.05, 4.69) is 49.0 Å². The van der Waals surface area contributed by atoms with E-state index in [1.807, 2.05) is 7.05 Å². The van der Waals surface area contributed by atoms with Crippen molar-refractivity contribution in [3.05, 3.63) is 30.1 Å². The van der Waals surface area contributed by atoms with Gasteiger partial charge in [-0.15, -0.1) is 0 Å². The summed E-state index contributed by atoms with van der Waals surface area (Å²) in [4.78, 5) is 0. The lowest BCUT2D eigenvalue weighted by Crippen LogP contribution is -1.78. The number of nitrogens with zero attached hydrogens (tertiary/aromatic N) is 1. The third-order valence-electron chi connectivity index (χ3n) is 1.53. The van der Waals surface area contributed by atoms with Crippen molar-refractivity contribution < 1.29 is 0 Å². The topological polar surface area (TPSA) is 4.93 Å². The Morgan fingerprint density at radius 1 is 1.45 bits per heavy atom. The molecule has 0 unspecified atom stereocenters. The maximum Gasteiger partial charge on any atom is 0.0106 e.